The highest BCUT2D eigenvalue weighted by atomic mass is 16.2. The molecule has 0 saturated carbocycles. The average Bonchev–Trinajstić information content (AvgIpc) is 3.02. The number of hydrogen-bond acceptors (Lipinski definition) is 2. The van der Waals surface area contributed by atoms with Gasteiger partial charge in [0, 0.05) is 41.8 Å². The summed E-state index contributed by atoms with van der Waals surface area (Å²) in [5, 5.41) is 6.62. The molecule has 0 unspecified atom stereocenters. The van der Waals surface area contributed by atoms with Crippen LogP contribution >= 0.6 is 0 Å². The van der Waals surface area contributed by atoms with Gasteiger partial charge in [-0.05, 0) is 30.7 Å². The van der Waals surface area contributed by atoms with Crippen LogP contribution in [0.5, 0.6) is 0 Å². The van der Waals surface area contributed by atoms with E-state index >= 15 is 0 Å². The number of carbonyl (C=O) groups excluding carboxylic acids is 2. The van der Waals surface area contributed by atoms with Gasteiger partial charge in [0.05, 0.1) is 0 Å². The molecule has 0 fully saturated rings. The van der Waals surface area contributed by atoms with Crippen LogP contribution in [0.4, 0.5) is 0 Å². The lowest BCUT2D eigenvalue weighted by atomic mass is 10.1. The predicted octanol–water partition coefficient (Wildman–Crippen LogP) is 3.48. The molecule has 2 N–H and O–H groups in total. The van der Waals surface area contributed by atoms with Gasteiger partial charge in [-0.3, -0.25) is 9.59 Å². The number of hydrogen-bond donors (Lipinski definition) is 2. The number of fused-ring (bicyclic) bond motifs is 1. The number of para-hydroxylation sites is 1. The van der Waals surface area contributed by atoms with Gasteiger partial charge in [-0.25, -0.2) is 0 Å². The Morgan fingerprint density at radius 1 is 1.04 bits per heavy atom. The molecule has 138 valence electrons. The summed E-state index contributed by atoms with van der Waals surface area (Å²) in [5.41, 5.74) is 2.67. The van der Waals surface area contributed by atoms with E-state index in [1.165, 1.54) is 0 Å². The van der Waals surface area contributed by atoms with Gasteiger partial charge in [0.25, 0.3) is 11.8 Å². The monoisotopic (exact) mass is 361 g/mol. The molecular formula is C22H23N3O2. The van der Waals surface area contributed by atoms with E-state index < -0.39 is 0 Å². The van der Waals surface area contributed by atoms with Crippen LogP contribution in [-0.2, 0) is 11.8 Å². The molecule has 1 aromatic heterocycles. The Hall–Kier alpha value is -3.34. The molecule has 0 saturated heterocycles. The van der Waals surface area contributed by atoms with Crippen LogP contribution in [0.2, 0.25) is 0 Å². The summed E-state index contributed by atoms with van der Waals surface area (Å²) in [6, 6.07) is 16.8. The first-order valence-corrected chi connectivity index (χ1v) is 9.00. The van der Waals surface area contributed by atoms with Gasteiger partial charge in [-0.1, -0.05) is 43.3 Å². The zero-order chi connectivity index (χ0) is 19.2. The smallest absolute Gasteiger partial charge is 0.267 e. The van der Waals surface area contributed by atoms with Crippen LogP contribution in [0.1, 0.15) is 29.3 Å². The molecule has 0 bridgehead atoms. The topological polar surface area (TPSA) is 63.1 Å². The van der Waals surface area contributed by atoms with E-state index in [4.69, 9.17) is 0 Å². The lowest BCUT2D eigenvalue weighted by molar-refractivity contribution is -0.117. The second-order valence-electron chi connectivity index (χ2n) is 6.35. The van der Waals surface area contributed by atoms with Crippen LogP contribution in [0, 0.1) is 0 Å². The van der Waals surface area contributed by atoms with Crippen molar-refractivity contribution >= 4 is 28.8 Å². The molecule has 3 aromatic rings. The third-order valence-electron chi connectivity index (χ3n) is 4.29. The average molecular weight is 361 g/mol. The van der Waals surface area contributed by atoms with E-state index in [1.54, 1.807) is 30.3 Å². The third kappa shape index (κ3) is 4.26. The molecule has 3 rings (SSSR count). The minimum atomic E-state index is -0.311. The van der Waals surface area contributed by atoms with Crippen molar-refractivity contribution in [2.45, 2.75) is 13.3 Å². The molecule has 1 heterocycles. The van der Waals surface area contributed by atoms with Gasteiger partial charge < -0.3 is 15.2 Å². The summed E-state index contributed by atoms with van der Waals surface area (Å²) < 4.78 is 2.00. The first-order chi connectivity index (χ1) is 13.1. The van der Waals surface area contributed by atoms with Gasteiger partial charge >= 0.3 is 0 Å². The van der Waals surface area contributed by atoms with E-state index in [0.717, 1.165) is 22.9 Å². The maximum atomic E-state index is 12.6. The normalized spacial score (nSPS) is 11.4. The van der Waals surface area contributed by atoms with Crippen LogP contribution in [0.15, 0.2) is 66.5 Å². The fraction of sp³-hybridized carbons (Fsp3) is 0.182. The first kappa shape index (κ1) is 18.5. The SMILES string of the molecule is CCCNC(=O)C(=Cc1cn(C)c2ccccc12)NC(=O)c1ccccc1. The number of rotatable bonds is 6. The molecule has 5 nitrogen and oxygen atoms in total. The summed E-state index contributed by atoms with van der Waals surface area (Å²) >= 11 is 0. The van der Waals surface area contributed by atoms with E-state index in [1.807, 2.05) is 55.1 Å². The second kappa shape index (κ2) is 8.36. The summed E-state index contributed by atoms with van der Waals surface area (Å²) in [5.74, 6) is -0.609. The number of benzene rings is 2. The number of carbonyl (C=O) groups is 2. The van der Waals surface area contributed by atoms with Crippen LogP contribution < -0.4 is 10.6 Å². The summed E-state index contributed by atoms with van der Waals surface area (Å²) in [7, 11) is 1.96. The summed E-state index contributed by atoms with van der Waals surface area (Å²) in [6.45, 7) is 2.53. The van der Waals surface area contributed by atoms with E-state index in [2.05, 4.69) is 10.6 Å². The molecule has 2 aromatic carbocycles. The van der Waals surface area contributed by atoms with Gasteiger partial charge in [-0.15, -0.1) is 0 Å². The lowest BCUT2D eigenvalue weighted by Gasteiger charge is -2.10. The van der Waals surface area contributed by atoms with Gasteiger partial charge in [0.15, 0.2) is 0 Å². The van der Waals surface area contributed by atoms with Crippen LogP contribution in [0.3, 0.4) is 0 Å². The summed E-state index contributed by atoms with van der Waals surface area (Å²) in [6.07, 6.45) is 4.50. The molecule has 0 radical (unpaired) electrons. The zero-order valence-electron chi connectivity index (χ0n) is 15.5. The standard InChI is InChI=1S/C22H23N3O2/c1-3-13-23-22(27)19(24-21(26)16-9-5-4-6-10-16)14-17-15-25(2)20-12-8-7-11-18(17)20/h4-12,14-15H,3,13H2,1-2H3,(H,23,27)(H,24,26). The molecule has 27 heavy (non-hydrogen) atoms. The van der Waals surface area contributed by atoms with Crippen molar-refractivity contribution in [2.75, 3.05) is 6.54 Å². The fourth-order valence-electron chi connectivity index (χ4n) is 2.92. The molecule has 5 heteroatoms. The first-order valence-electron chi connectivity index (χ1n) is 9.00. The van der Waals surface area contributed by atoms with Crippen molar-refractivity contribution in [3.63, 3.8) is 0 Å². The Morgan fingerprint density at radius 3 is 2.48 bits per heavy atom. The molecule has 0 spiro atoms. The van der Waals surface area contributed by atoms with Gasteiger partial charge in [0.1, 0.15) is 5.70 Å². The highest BCUT2D eigenvalue weighted by molar-refractivity contribution is 6.06. The number of nitrogens with one attached hydrogen (secondary N) is 2. The number of aromatic nitrogens is 1. The Bertz CT molecular complexity index is 987. The quantitative estimate of drug-likeness (QED) is 0.660. The maximum absolute atomic E-state index is 12.6. The highest BCUT2D eigenvalue weighted by Crippen LogP contribution is 2.22. The minimum absolute atomic E-state index is 0.230. The third-order valence-corrected chi connectivity index (χ3v) is 4.29. The molecule has 0 atom stereocenters. The Kier molecular flexibility index (Phi) is 5.71. The Morgan fingerprint density at radius 2 is 1.74 bits per heavy atom. The predicted molar refractivity (Wildman–Crippen MR) is 108 cm³/mol. The zero-order valence-corrected chi connectivity index (χ0v) is 15.5. The Balaban J connectivity index is 1.97. The van der Waals surface area contributed by atoms with Crippen LogP contribution in [0.25, 0.3) is 17.0 Å². The molecule has 0 aliphatic carbocycles. The minimum Gasteiger partial charge on any atom is -0.351 e. The molecule has 0 aliphatic rings. The lowest BCUT2D eigenvalue weighted by Crippen LogP contribution is -2.35. The van der Waals surface area contributed by atoms with Crippen LogP contribution in [-0.4, -0.2) is 22.9 Å². The molecule has 2 amide bonds. The second-order valence-corrected chi connectivity index (χ2v) is 6.35. The summed E-state index contributed by atoms with van der Waals surface area (Å²) in [4.78, 5) is 25.2. The fourth-order valence-corrected chi connectivity index (χ4v) is 2.92. The Labute approximate surface area is 158 Å². The van der Waals surface area contributed by atoms with Crippen molar-refractivity contribution < 1.29 is 9.59 Å². The van der Waals surface area contributed by atoms with Gasteiger partial charge in [-0.2, -0.15) is 0 Å². The van der Waals surface area contributed by atoms with Crippen molar-refractivity contribution in [3.05, 3.63) is 77.6 Å². The number of aryl methyl sites for hydroxylation is 1. The number of amides is 2. The van der Waals surface area contributed by atoms with Crippen molar-refractivity contribution in [1.82, 2.24) is 15.2 Å². The van der Waals surface area contributed by atoms with E-state index in [0.29, 0.717) is 12.1 Å². The highest BCUT2D eigenvalue weighted by Gasteiger charge is 2.15. The number of nitrogens with zero attached hydrogens (tertiary/aromatic N) is 1. The largest absolute Gasteiger partial charge is 0.351 e. The van der Waals surface area contributed by atoms with Crippen molar-refractivity contribution in [3.8, 4) is 0 Å². The van der Waals surface area contributed by atoms with E-state index in [-0.39, 0.29) is 17.5 Å². The van der Waals surface area contributed by atoms with E-state index in [9.17, 15) is 9.59 Å². The molecule has 0 aliphatic heterocycles. The van der Waals surface area contributed by atoms with Crippen molar-refractivity contribution in [2.24, 2.45) is 7.05 Å². The van der Waals surface area contributed by atoms with Crippen molar-refractivity contribution in [1.29, 1.82) is 0 Å². The maximum Gasteiger partial charge on any atom is 0.267 e. The molecular weight excluding hydrogens is 338 g/mol. The van der Waals surface area contributed by atoms with Gasteiger partial charge in [0.2, 0.25) is 0 Å².